The van der Waals surface area contributed by atoms with Gasteiger partial charge < -0.3 is 16.2 Å². The average molecular weight is 683 g/mol. The van der Waals surface area contributed by atoms with Crippen LogP contribution in [0.5, 0.6) is 0 Å². The molecule has 1 saturated carbocycles. The van der Waals surface area contributed by atoms with Gasteiger partial charge in [-0.25, -0.2) is 18.2 Å². The zero-order valence-electron chi connectivity index (χ0n) is 25.1. The predicted molar refractivity (Wildman–Crippen MR) is 172 cm³/mol. The third-order valence-corrected chi connectivity index (χ3v) is 9.03. The lowest BCUT2D eigenvalue weighted by molar-refractivity contribution is -0.122. The second-order valence-corrected chi connectivity index (χ2v) is 12.9. The van der Waals surface area contributed by atoms with Gasteiger partial charge in [0, 0.05) is 34.3 Å². The number of primary amides is 1. The van der Waals surface area contributed by atoms with Gasteiger partial charge in [0.25, 0.3) is 5.91 Å². The molecule has 1 atom stereocenters. The summed E-state index contributed by atoms with van der Waals surface area (Å²) < 4.78 is 47.2. The summed E-state index contributed by atoms with van der Waals surface area (Å²) >= 11 is 12.4. The van der Waals surface area contributed by atoms with Crippen molar-refractivity contribution in [2.45, 2.75) is 43.7 Å². The topological polar surface area (TPSA) is 123 Å². The molecule has 2 heterocycles. The van der Waals surface area contributed by atoms with Crippen molar-refractivity contribution >= 4 is 45.9 Å². The molecule has 13 heteroatoms. The molecule has 4 N–H and O–H groups in total. The molecule has 0 aliphatic heterocycles. The molecule has 2 aromatic heterocycles. The van der Waals surface area contributed by atoms with Gasteiger partial charge in [0.15, 0.2) is 5.82 Å². The van der Waals surface area contributed by atoms with Crippen molar-refractivity contribution in [1.82, 2.24) is 20.1 Å². The number of benzene rings is 3. The van der Waals surface area contributed by atoms with Gasteiger partial charge in [0.1, 0.15) is 28.4 Å². The number of halogens is 5. The molecule has 8 nitrogen and oxygen atoms in total. The first kappa shape index (κ1) is 32.5. The third-order valence-electron chi connectivity index (χ3n) is 8.45. The number of carbonyl (C=O) groups is 2. The first-order valence-corrected chi connectivity index (χ1v) is 15.4. The van der Waals surface area contributed by atoms with Gasteiger partial charge in [-0.2, -0.15) is 5.10 Å². The van der Waals surface area contributed by atoms with Crippen LogP contribution in [0.2, 0.25) is 10.0 Å². The summed E-state index contributed by atoms with van der Waals surface area (Å²) in [5, 5.41) is 20.0. The summed E-state index contributed by atoms with van der Waals surface area (Å²) in [6, 6.07) is 13.9. The Kier molecular flexibility index (Phi) is 8.27. The van der Waals surface area contributed by atoms with E-state index in [1.807, 2.05) is 10.9 Å². The molecule has 6 rings (SSSR count). The van der Waals surface area contributed by atoms with Gasteiger partial charge in [-0.15, -0.1) is 0 Å². The van der Waals surface area contributed by atoms with Gasteiger partial charge >= 0.3 is 0 Å². The minimum atomic E-state index is -2.17. The first-order valence-electron chi connectivity index (χ1n) is 14.6. The molecule has 0 unspecified atom stereocenters. The molecule has 0 saturated heterocycles. The molecule has 47 heavy (non-hydrogen) atoms. The van der Waals surface area contributed by atoms with Crippen molar-refractivity contribution in [2.24, 2.45) is 5.73 Å². The van der Waals surface area contributed by atoms with Gasteiger partial charge in [-0.1, -0.05) is 53.5 Å². The highest BCUT2D eigenvalue weighted by Crippen LogP contribution is 2.39. The summed E-state index contributed by atoms with van der Waals surface area (Å²) in [5.41, 5.74) is 0.985. The summed E-state index contributed by atoms with van der Waals surface area (Å²) in [7, 11) is 0. The number of nitrogens with two attached hydrogens (primary N) is 1. The molecule has 3 aromatic carbocycles. The minimum absolute atomic E-state index is 0.194. The van der Waals surface area contributed by atoms with E-state index >= 15 is 8.78 Å². The molecule has 0 bridgehead atoms. The predicted octanol–water partition coefficient (Wildman–Crippen LogP) is 6.59. The standard InChI is InChI=1S/C34H28Cl2F3N5O3/c1-33(2,32(40)46)22-13-27(42-30(28(22)39)21-12-23(35)26(38)14-25(21)37)34(47,19-6-4-3-5-7-19)16-41-31(45)17-10-18-15-44(20-8-9-20)43-29(18)24(36)11-17/h3-7,10-15,20,47H,8-9,16H2,1-2H3,(H2,40,46)(H,41,45)/t34-/m1/s1. The van der Waals surface area contributed by atoms with Crippen molar-refractivity contribution in [1.29, 1.82) is 0 Å². The SMILES string of the molecule is CC(C)(C(N)=O)c1cc([C@@](O)(CNC(=O)c2cc(Cl)c3nn(C4CC4)cc3c2)c2ccccc2)nc(-c2cc(Cl)c(F)cc2F)c1F. The molecule has 1 aliphatic rings. The Morgan fingerprint density at radius 2 is 1.72 bits per heavy atom. The lowest BCUT2D eigenvalue weighted by Crippen LogP contribution is -2.43. The Morgan fingerprint density at radius 3 is 2.38 bits per heavy atom. The zero-order chi connectivity index (χ0) is 33.8. The molecule has 1 aliphatic carbocycles. The van der Waals surface area contributed by atoms with E-state index in [9.17, 15) is 19.1 Å². The molecule has 0 spiro atoms. The summed E-state index contributed by atoms with van der Waals surface area (Å²) in [6.45, 7) is 2.20. The van der Waals surface area contributed by atoms with Crippen molar-refractivity contribution in [3.05, 3.63) is 117 Å². The first-order chi connectivity index (χ1) is 22.2. The summed E-state index contributed by atoms with van der Waals surface area (Å²) in [4.78, 5) is 30.3. The van der Waals surface area contributed by atoms with E-state index in [1.54, 1.807) is 36.4 Å². The Labute approximate surface area is 277 Å². The molecule has 2 amide bonds. The van der Waals surface area contributed by atoms with Gasteiger partial charge in [0.05, 0.1) is 33.7 Å². The summed E-state index contributed by atoms with van der Waals surface area (Å²) in [5.74, 6) is -4.92. The fraction of sp³-hybridized carbons (Fsp3) is 0.235. The smallest absolute Gasteiger partial charge is 0.251 e. The highest BCUT2D eigenvalue weighted by Gasteiger charge is 2.40. The van der Waals surface area contributed by atoms with Gasteiger partial charge in [-0.05, 0) is 56.5 Å². The van der Waals surface area contributed by atoms with Crippen LogP contribution in [-0.4, -0.2) is 38.2 Å². The minimum Gasteiger partial charge on any atom is -0.377 e. The van der Waals surface area contributed by atoms with Crippen LogP contribution in [0, 0.1) is 17.5 Å². The van der Waals surface area contributed by atoms with Crippen LogP contribution in [0.15, 0.2) is 66.9 Å². The Hall–Kier alpha value is -4.45. The number of hydrogen-bond acceptors (Lipinski definition) is 5. The Balaban J connectivity index is 1.47. The number of carbonyl (C=O) groups excluding carboxylic acids is 2. The fourth-order valence-electron chi connectivity index (χ4n) is 5.34. The number of nitrogens with zero attached hydrogens (tertiary/aromatic N) is 3. The van der Waals surface area contributed by atoms with Crippen LogP contribution >= 0.6 is 23.2 Å². The molecular weight excluding hydrogens is 654 g/mol. The van der Waals surface area contributed by atoms with E-state index in [1.165, 1.54) is 19.9 Å². The van der Waals surface area contributed by atoms with E-state index < -0.39 is 63.1 Å². The van der Waals surface area contributed by atoms with E-state index in [0.29, 0.717) is 23.0 Å². The van der Waals surface area contributed by atoms with E-state index in [-0.39, 0.29) is 27.4 Å². The normalized spacial score (nSPS) is 14.6. The fourth-order valence-corrected chi connectivity index (χ4v) is 5.77. The Morgan fingerprint density at radius 1 is 1.02 bits per heavy atom. The maximum absolute atomic E-state index is 16.2. The van der Waals surface area contributed by atoms with E-state index in [0.717, 1.165) is 25.0 Å². The highest BCUT2D eigenvalue weighted by atomic mass is 35.5. The largest absolute Gasteiger partial charge is 0.377 e. The summed E-state index contributed by atoms with van der Waals surface area (Å²) in [6.07, 6.45) is 3.84. The number of aromatic nitrogens is 3. The van der Waals surface area contributed by atoms with E-state index in [4.69, 9.17) is 28.9 Å². The second-order valence-electron chi connectivity index (χ2n) is 12.1. The number of amides is 2. The van der Waals surface area contributed by atoms with Crippen LogP contribution in [0.3, 0.4) is 0 Å². The highest BCUT2D eigenvalue weighted by molar-refractivity contribution is 6.35. The van der Waals surface area contributed by atoms with Crippen LogP contribution in [0.25, 0.3) is 22.2 Å². The molecule has 1 fully saturated rings. The van der Waals surface area contributed by atoms with Crippen LogP contribution in [-0.2, 0) is 15.8 Å². The average Bonchev–Trinajstić information content (AvgIpc) is 3.80. The molecule has 0 radical (unpaired) electrons. The molecular formula is C34H28Cl2F3N5O3. The second kappa shape index (κ2) is 12.0. The number of rotatable bonds is 9. The lowest BCUT2D eigenvalue weighted by atomic mass is 9.80. The maximum atomic E-state index is 16.2. The van der Waals surface area contributed by atoms with Crippen LogP contribution in [0.4, 0.5) is 13.2 Å². The van der Waals surface area contributed by atoms with Gasteiger partial charge in [0.2, 0.25) is 5.91 Å². The van der Waals surface area contributed by atoms with E-state index in [2.05, 4.69) is 15.4 Å². The Bertz CT molecular complexity index is 2070. The quantitative estimate of drug-likeness (QED) is 0.152. The number of pyridine rings is 1. The van der Waals surface area contributed by atoms with Crippen molar-refractivity contribution in [3.8, 4) is 11.3 Å². The van der Waals surface area contributed by atoms with Crippen molar-refractivity contribution in [2.75, 3.05) is 6.54 Å². The number of fused-ring (bicyclic) bond motifs is 1. The maximum Gasteiger partial charge on any atom is 0.251 e. The zero-order valence-corrected chi connectivity index (χ0v) is 26.6. The van der Waals surface area contributed by atoms with Crippen molar-refractivity contribution < 1.29 is 27.9 Å². The van der Waals surface area contributed by atoms with Gasteiger partial charge in [-0.3, -0.25) is 14.3 Å². The number of hydrogen-bond donors (Lipinski definition) is 3. The third kappa shape index (κ3) is 5.95. The van der Waals surface area contributed by atoms with Crippen molar-refractivity contribution in [3.63, 3.8) is 0 Å². The number of nitrogens with one attached hydrogen (secondary N) is 1. The molecule has 242 valence electrons. The lowest BCUT2D eigenvalue weighted by Gasteiger charge is -2.31. The number of aliphatic hydroxyl groups is 1. The van der Waals surface area contributed by atoms with Crippen LogP contribution < -0.4 is 11.1 Å². The monoisotopic (exact) mass is 681 g/mol. The molecule has 5 aromatic rings. The van der Waals surface area contributed by atoms with Crippen LogP contribution in [0.1, 0.15) is 59.9 Å².